The average molecular weight is 384 g/mol. The van der Waals surface area contributed by atoms with Gasteiger partial charge in [0.1, 0.15) is 11.1 Å². The van der Waals surface area contributed by atoms with Crippen molar-refractivity contribution in [1.82, 2.24) is 24.6 Å². The zero-order valence-corrected chi connectivity index (χ0v) is 17.3. The largest absolute Gasteiger partial charge is 0.497 e. The smallest absolute Gasteiger partial charge is 0.263 e. The van der Waals surface area contributed by atoms with E-state index in [-0.39, 0.29) is 17.1 Å². The molecule has 0 amide bonds. The molecule has 3 rings (SSSR count). The van der Waals surface area contributed by atoms with Gasteiger partial charge in [0.15, 0.2) is 5.65 Å². The van der Waals surface area contributed by atoms with E-state index in [9.17, 15) is 4.79 Å². The molecule has 2 heterocycles. The maximum Gasteiger partial charge on any atom is 0.263 e. The maximum absolute atomic E-state index is 12.4. The molecule has 0 saturated heterocycles. The lowest BCUT2D eigenvalue weighted by atomic mass is 10.1. The Labute approximate surface area is 164 Å². The molecule has 28 heavy (non-hydrogen) atoms. The molecule has 0 radical (unpaired) electrons. The van der Waals surface area contributed by atoms with Gasteiger partial charge in [-0.05, 0) is 52.6 Å². The summed E-state index contributed by atoms with van der Waals surface area (Å²) in [6.45, 7) is 6.67. The van der Waals surface area contributed by atoms with Gasteiger partial charge in [0.05, 0.1) is 24.9 Å². The lowest BCUT2D eigenvalue weighted by molar-refractivity contribution is 0.311. The zero-order valence-electron chi connectivity index (χ0n) is 17.3. The molecule has 1 aromatic carbocycles. The SMILES string of the molecule is COc1ccc(C(CNc2nc3c(cnn3C(C)(C)C)c(=O)[nH]2)N(C)C)cc1. The molecule has 3 aromatic rings. The first-order valence-electron chi connectivity index (χ1n) is 9.23. The monoisotopic (exact) mass is 384 g/mol. The highest BCUT2D eigenvalue weighted by Gasteiger charge is 2.20. The van der Waals surface area contributed by atoms with Crippen molar-refractivity contribution in [3.63, 3.8) is 0 Å². The van der Waals surface area contributed by atoms with Crippen molar-refractivity contribution < 1.29 is 4.74 Å². The number of H-pyrrole nitrogens is 1. The summed E-state index contributed by atoms with van der Waals surface area (Å²) in [4.78, 5) is 22.0. The Bertz CT molecular complexity index is 998. The molecule has 0 spiro atoms. The number of nitrogens with one attached hydrogen (secondary N) is 2. The molecule has 1 unspecified atom stereocenters. The Morgan fingerprint density at radius 3 is 2.50 bits per heavy atom. The Morgan fingerprint density at radius 2 is 1.93 bits per heavy atom. The summed E-state index contributed by atoms with van der Waals surface area (Å²) >= 11 is 0. The van der Waals surface area contributed by atoms with Gasteiger partial charge in [0.2, 0.25) is 5.95 Å². The van der Waals surface area contributed by atoms with Crippen LogP contribution in [0, 0.1) is 0 Å². The van der Waals surface area contributed by atoms with Gasteiger partial charge in [0.25, 0.3) is 5.56 Å². The summed E-state index contributed by atoms with van der Waals surface area (Å²) in [6, 6.07) is 8.07. The van der Waals surface area contributed by atoms with E-state index in [1.54, 1.807) is 18.0 Å². The third-order valence-electron chi connectivity index (χ3n) is 4.66. The number of anilines is 1. The number of ether oxygens (including phenoxy) is 1. The number of rotatable bonds is 6. The summed E-state index contributed by atoms with van der Waals surface area (Å²) in [6.07, 6.45) is 1.57. The number of benzene rings is 1. The fourth-order valence-corrected chi connectivity index (χ4v) is 3.11. The summed E-state index contributed by atoms with van der Waals surface area (Å²) < 4.78 is 7.01. The number of aromatic amines is 1. The van der Waals surface area contributed by atoms with E-state index in [1.807, 2.05) is 59.1 Å². The van der Waals surface area contributed by atoms with Crippen LogP contribution in [0.15, 0.2) is 35.3 Å². The summed E-state index contributed by atoms with van der Waals surface area (Å²) in [5.74, 6) is 1.25. The molecular weight excluding hydrogens is 356 g/mol. The van der Waals surface area contributed by atoms with Crippen LogP contribution in [0.1, 0.15) is 32.4 Å². The van der Waals surface area contributed by atoms with Gasteiger partial charge < -0.3 is 15.0 Å². The molecule has 2 N–H and O–H groups in total. The highest BCUT2D eigenvalue weighted by Crippen LogP contribution is 2.22. The minimum Gasteiger partial charge on any atom is -0.497 e. The molecule has 1 atom stereocenters. The molecule has 8 heteroatoms. The fraction of sp³-hybridized carbons (Fsp3) is 0.450. The predicted molar refractivity (Wildman–Crippen MR) is 111 cm³/mol. The van der Waals surface area contributed by atoms with Gasteiger partial charge in [0, 0.05) is 6.54 Å². The Kier molecular flexibility index (Phi) is 5.42. The van der Waals surface area contributed by atoms with E-state index in [0.717, 1.165) is 11.3 Å². The van der Waals surface area contributed by atoms with E-state index in [1.165, 1.54) is 0 Å². The number of likely N-dealkylation sites (N-methyl/N-ethyl adjacent to an activating group) is 1. The van der Waals surface area contributed by atoms with E-state index in [4.69, 9.17) is 4.74 Å². The normalized spacial score (nSPS) is 13.1. The van der Waals surface area contributed by atoms with Crippen molar-refractivity contribution >= 4 is 17.0 Å². The quantitative estimate of drug-likeness (QED) is 0.679. The lowest BCUT2D eigenvalue weighted by Crippen LogP contribution is -2.28. The minimum absolute atomic E-state index is 0.0967. The van der Waals surface area contributed by atoms with E-state index in [0.29, 0.717) is 23.5 Å². The van der Waals surface area contributed by atoms with Gasteiger partial charge in [-0.1, -0.05) is 12.1 Å². The van der Waals surface area contributed by atoms with Crippen LogP contribution in [0.5, 0.6) is 5.75 Å². The zero-order chi connectivity index (χ0) is 20.5. The number of hydrogen-bond acceptors (Lipinski definition) is 6. The minimum atomic E-state index is -0.269. The highest BCUT2D eigenvalue weighted by atomic mass is 16.5. The van der Waals surface area contributed by atoms with Gasteiger partial charge >= 0.3 is 0 Å². The summed E-state index contributed by atoms with van der Waals surface area (Å²) in [7, 11) is 5.69. The van der Waals surface area contributed by atoms with Crippen LogP contribution in [0.2, 0.25) is 0 Å². The van der Waals surface area contributed by atoms with E-state index >= 15 is 0 Å². The highest BCUT2D eigenvalue weighted by molar-refractivity contribution is 5.74. The van der Waals surface area contributed by atoms with Gasteiger partial charge in [-0.25, -0.2) is 4.68 Å². The van der Waals surface area contributed by atoms with E-state index in [2.05, 4.69) is 25.3 Å². The van der Waals surface area contributed by atoms with Gasteiger partial charge in [-0.15, -0.1) is 0 Å². The third kappa shape index (κ3) is 4.01. The maximum atomic E-state index is 12.4. The third-order valence-corrected chi connectivity index (χ3v) is 4.66. The van der Waals surface area contributed by atoms with Crippen molar-refractivity contribution in [3.8, 4) is 5.75 Å². The van der Waals surface area contributed by atoms with Crippen LogP contribution >= 0.6 is 0 Å². The standard InChI is InChI=1S/C20H28N6O2/c1-20(2,3)26-17-15(11-22-26)18(27)24-19(23-17)21-12-16(25(4)5)13-7-9-14(28-6)10-8-13/h7-11,16H,12H2,1-6H3,(H2,21,23,24,27). The van der Waals surface area contributed by atoms with Crippen LogP contribution < -0.4 is 15.6 Å². The molecule has 8 nitrogen and oxygen atoms in total. The Hall–Kier alpha value is -2.87. The lowest BCUT2D eigenvalue weighted by Gasteiger charge is -2.25. The van der Waals surface area contributed by atoms with Crippen molar-refractivity contribution in [1.29, 1.82) is 0 Å². The molecular formula is C20H28N6O2. The first kappa shape index (κ1) is 19.9. The van der Waals surface area contributed by atoms with Crippen molar-refractivity contribution in [3.05, 3.63) is 46.4 Å². The van der Waals surface area contributed by atoms with Crippen LogP contribution in [0.4, 0.5) is 5.95 Å². The molecule has 0 aliphatic heterocycles. The second kappa shape index (κ2) is 7.63. The predicted octanol–water partition coefficient (Wildman–Crippen LogP) is 2.60. The summed E-state index contributed by atoms with van der Waals surface area (Å²) in [5.41, 5.74) is 1.25. The van der Waals surface area contributed by atoms with Crippen LogP contribution in [-0.4, -0.2) is 52.4 Å². The number of nitrogens with zero attached hydrogens (tertiary/aromatic N) is 4. The van der Waals surface area contributed by atoms with Crippen LogP contribution in [0.3, 0.4) is 0 Å². The second-order valence-corrected chi connectivity index (χ2v) is 8.01. The summed E-state index contributed by atoms with van der Waals surface area (Å²) in [5, 5.41) is 8.10. The molecule has 2 aromatic heterocycles. The Balaban J connectivity index is 1.87. The van der Waals surface area contributed by atoms with Gasteiger partial charge in [-0.3, -0.25) is 9.78 Å². The Morgan fingerprint density at radius 1 is 1.25 bits per heavy atom. The van der Waals surface area contributed by atoms with Crippen molar-refractivity contribution in [2.24, 2.45) is 0 Å². The first-order chi connectivity index (χ1) is 13.2. The van der Waals surface area contributed by atoms with Crippen LogP contribution in [0.25, 0.3) is 11.0 Å². The molecule has 0 bridgehead atoms. The molecule has 0 aliphatic rings. The average Bonchev–Trinajstić information content (AvgIpc) is 3.07. The van der Waals surface area contributed by atoms with Crippen molar-refractivity contribution in [2.45, 2.75) is 32.4 Å². The molecule has 0 saturated carbocycles. The van der Waals surface area contributed by atoms with E-state index < -0.39 is 0 Å². The molecule has 150 valence electrons. The fourth-order valence-electron chi connectivity index (χ4n) is 3.11. The van der Waals surface area contributed by atoms with Gasteiger partial charge in [-0.2, -0.15) is 10.1 Å². The van der Waals surface area contributed by atoms with Crippen LogP contribution in [-0.2, 0) is 5.54 Å². The second-order valence-electron chi connectivity index (χ2n) is 8.01. The molecule has 0 aliphatic carbocycles. The number of methoxy groups -OCH3 is 1. The van der Waals surface area contributed by atoms with Crippen molar-refractivity contribution in [2.75, 3.05) is 33.1 Å². The number of fused-ring (bicyclic) bond motifs is 1. The molecule has 0 fully saturated rings. The number of hydrogen-bond donors (Lipinski definition) is 2. The first-order valence-corrected chi connectivity index (χ1v) is 9.23. The number of aromatic nitrogens is 4. The topological polar surface area (TPSA) is 88.1 Å².